The van der Waals surface area contributed by atoms with E-state index in [9.17, 15) is 19.8 Å². The molecule has 2 amide bonds. The third-order valence-corrected chi connectivity index (χ3v) is 5.24. The van der Waals surface area contributed by atoms with Crippen molar-refractivity contribution in [1.82, 2.24) is 5.32 Å². The maximum absolute atomic E-state index is 12.8. The average molecular weight is 381 g/mol. The first-order chi connectivity index (χ1) is 14.1. The molecule has 4 aromatic carbocycles. The fraction of sp³-hybridized carbons (Fsp3) is 0. The lowest BCUT2D eigenvalue weighted by atomic mass is 9.84. The zero-order chi connectivity index (χ0) is 20.1. The van der Waals surface area contributed by atoms with Crippen LogP contribution in [0.4, 0.5) is 0 Å². The minimum atomic E-state index is -0.523. The lowest BCUT2D eigenvalue weighted by Gasteiger charge is -2.18. The Labute approximate surface area is 165 Å². The largest absolute Gasteiger partial charge is 0.507 e. The highest BCUT2D eigenvalue weighted by molar-refractivity contribution is 6.31. The van der Waals surface area contributed by atoms with E-state index < -0.39 is 11.8 Å². The highest BCUT2D eigenvalue weighted by Crippen LogP contribution is 2.47. The van der Waals surface area contributed by atoms with Gasteiger partial charge in [-0.2, -0.15) is 0 Å². The van der Waals surface area contributed by atoms with Gasteiger partial charge in [0.2, 0.25) is 0 Å². The van der Waals surface area contributed by atoms with E-state index in [4.69, 9.17) is 0 Å². The number of fused-ring (bicyclic) bond motifs is 2. The third-order valence-electron chi connectivity index (χ3n) is 5.24. The zero-order valence-electron chi connectivity index (χ0n) is 15.1. The van der Waals surface area contributed by atoms with E-state index >= 15 is 0 Å². The molecular weight excluding hydrogens is 366 g/mol. The molecule has 0 radical (unpaired) electrons. The Bertz CT molecular complexity index is 1240. The molecule has 1 heterocycles. The SMILES string of the molecule is O=C1NC(=O)c2c1c(-c1ccccc1O)c1ccccc1c2-c1ccccc1O. The maximum Gasteiger partial charge on any atom is 0.259 e. The van der Waals surface area contributed by atoms with Gasteiger partial charge in [0, 0.05) is 22.3 Å². The molecule has 0 aliphatic carbocycles. The summed E-state index contributed by atoms with van der Waals surface area (Å²) >= 11 is 0. The first-order valence-electron chi connectivity index (χ1n) is 9.09. The van der Waals surface area contributed by atoms with Crippen LogP contribution >= 0.6 is 0 Å². The minimum absolute atomic E-state index is 0.0160. The predicted octanol–water partition coefficient (Wildman–Crippen LogP) is 4.47. The summed E-state index contributed by atoms with van der Waals surface area (Å²) in [5.41, 5.74) is 2.33. The van der Waals surface area contributed by atoms with Crippen molar-refractivity contribution in [3.63, 3.8) is 0 Å². The Kier molecular flexibility index (Phi) is 3.64. The van der Waals surface area contributed by atoms with Crippen molar-refractivity contribution in [2.45, 2.75) is 0 Å². The first kappa shape index (κ1) is 17.0. The summed E-state index contributed by atoms with van der Waals surface area (Å²) in [7, 11) is 0. The Balaban J connectivity index is 2.04. The summed E-state index contributed by atoms with van der Waals surface area (Å²) in [6.45, 7) is 0. The van der Waals surface area contributed by atoms with Crippen LogP contribution in [-0.2, 0) is 0 Å². The van der Waals surface area contributed by atoms with Crippen LogP contribution in [0.3, 0.4) is 0 Å². The number of para-hydroxylation sites is 2. The molecule has 5 nitrogen and oxygen atoms in total. The van der Waals surface area contributed by atoms with Crippen molar-refractivity contribution >= 4 is 22.6 Å². The van der Waals surface area contributed by atoms with Crippen molar-refractivity contribution in [1.29, 1.82) is 0 Å². The van der Waals surface area contributed by atoms with Gasteiger partial charge in [-0.25, -0.2) is 0 Å². The number of benzene rings is 4. The minimum Gasteiger partial charge on any atom is -0.507 e. The number of aromatic hydroxyl groups is 2. The van der Waals surface area contributed by atoms with Crippen molar-refractivity contribution in [3.8, 4) is 33.8 Å². The van der Waals surface area contributed by atoms with Crippen molar-refractivity contribution < 1.29 is 19.8 Å². The number of hydrogen-bond acceptors (Lipinski definition) is 4. The van der Waals surface area contributed by atoms with E-state index in [1.54, 1.807) is 48.5 Å². The van der Waals surface area contributed by atoms with Crippen LogP contribution < -0.4 is 5.32 Å². The second kappa shape index (κ2) is 6.21. The molecule has 0 unspecified atom stereocenters. The Morgan fingerprint density at radius 2 is 0.897 bits per heavy atom. The molecule has 140 valence electrons. The molecule has 0 aromatic heterocycles. The number of imide groups is 1. The first-order valence-corrected chi connectivity index (χ1v) is 9.09. The van der Waals surface area contributed by atoms with Crippen LogP contribution in [0.1, 0.15) is 20.7 Å². The standard InChI is InChI=1S/C24H15NO4/c26-17-11-5-3-9-15(17)19-13-7-1-2-8-14(13)20(16-10-4-6-12-18(16)27)22-21(19)23(28)25-24(22)29/h1-12,26-27H,(H,25,28,29). The summed E-state index contributed by atoms with van der Waals surface area (Å²) < 4.78 is 0. The number of nitrogens with one attached hydrogen (secondary N) is 1. The van der Waals surface area contributed by atoms with Crippen molar-refractivity contribution in [3.05, 3.63) is 83.9 Å². The summed E-state index contributed by atoms with van der Waals surface area (Å²) in [5.74, 6) is -1.01. The van der Waals surface area contributed by atoms with Gasteiger partial charge in [-0.3, -0.25) is 14.9 Å². The molecule has 0 saturated heterocycles. The molecule has 3 N–H and O–H groups in total. The predicted molar refractivity (Wildman–Crippen MR) is 110 cm³/mol. The molecule has 29 heavy (non-hydrogen) atoms. The van der Waals surface area contributed by atoms with E-state index in [1.165, 1.54) is 0 Å². The molecule has 1 aliphatic rings. The second-order valence-electron chi connectivity index (χ2n) is 6.86. The fourth-order valence-corrected chi connectivity index (χ4v) is 4.05. The smallest absolute Gasteiger partial charge is 0.259 e. The van der Waals surface area contributed by atoms with Gasteiger partial charge in [-0.05, 0) is 22.9 Å². The van der Waals surface area contributed by atoms with Crippen molar-refractivity contribution in [2.24, 2.45) is 0 Å². The number of phenols is 2. The van der Waals surface area contributed by atoms with E-state index in [0.717, 1.165) is 0 Å². The lowest BCUT2D eigenvalue weighted by molar-refractivity contribution is 0.0880. The fourth-order valence-electron chi connectivity index (χ4n) is 4.05. The lowest BCUT2D eigenvalue weighted by Crippen LogP contribution is -2.20. The number of carbonyl (C=O) groups is 2. The van der Waals surface area contributed by atoms with Crippen LogP contribution in [0, 0.1) is 0 Å². The molecule has 0 bridgehead atoms. The highest BCUT2D eigenvalue weighted by Gasteiger charge is 2.36. The third kappa shape index (κ3) is 2.41. The quantitative estimate of drug-likeness (QED) is 0.447. The Hall–Kier alpha value is -4.12. The Morgan fingerprint density at radius 3 is 1.31 bits per heavy atom. The summed E-state index contributed by atoms with van der Waals surface area (Å²) in [5, 5.41) is 24.7. The number of hydrogen-bond donors (Lipinski definition) is 3. The van der Waals surface area contributed by atoms with Gasteiger partial charge in [0.1, 0.15) is 11.5 Å². The van der Waals surface area contributed by atoms with Crippen LogP contribution in [-0.4, -0.2) is 22.0 Å². The molecule has 1 aliphatic heterocycles. The van der Waals surface area contributed by atoms with Crippen molar-refractivity contribution in [2.75, 3.05) is 0 Å². The molecule has 4 aromatic rings. The van der Waals surface area contributed by atoms with Gasteiger partial charge in [-0.1, -0.05) is 60.7 Å². The highest BCUT2D eigenvalue weighted by atomic mass is 16.3. The van der Waals surface area contributed by atoms with Gasteiger partial charge in [0.25, 0.3) is 11.8 Å². The monoisotopic (exact) mass is 381 g/mol. The molecule has 0 spiro atoms. The number of carbonyl (C=O) groups excluding carboxylic acids is 2. The van der Waals surface area contributed by atoms with E-state index in [-0.39, 0.29) is 22.6 Å². The topological polar surface area (TPSA) is 86.6 Å². The second-order valence-corrected chi connectivity index (χ2v) is 6.86. The zero-order valence-corrected chi connectivity index (χ0v) is 15.1. The Morgan fingerprint density at radius 1 is 0.517 bits per heavy atom. The number of amides is 2. The van der Waals surface area contributed by atoms with Crippen LogP contribution in [0.15, 0.2) is 72.8 Å². The molecule has 0 saturated carbocycles. The molecule has 5 rings (SSSR count). The van der Waals surface area contributed by atoms with Crippen LogP contribution in [0.5, 0.6) is 11.5 Å². The summed E-state index contributed by atoms with van der Waals surface area (Å²) in [4.78, 5) is 25.6. The van der Waals surface area contributed by atoms with Crippen LogP contribution in [0.25, 0.3) is 33.0 Å². The number of phenolic OH excluding ortho intramolecular Hbond substituents is 2. The molecule has 0 atom stereocenters. The molecule has 5 heteroatoms. The maximum atomic E-state index is 12.8. The average Bonchev–Trinajstić information content (AvgIpc) is 3.02. The number of rotatable bonds is 2. The van der Waals surface area contributed by atoms with Gasteiger partial charge in [-0.15, -0.1) is 0 Å². The summed E-state index contributed by atoms with van der Waals surface area (Å²) in [6.07, 6.45) is 0. The normalized spacial score (nSPS) is 12.8. The van der Waals surface area contributed by atoms with E-state index in [0.29, 0.717) is 33.0 Å². The van der Waals surface area contributed by atoms with E-state index in [1.807, 2.05) is 24.3 Å². The van der Waals surface area contributed by atoms with Crippen LogP contribution in [0.2, 0.25) is 0 Å². The summed E-state index contributed by atoms with van der Waals surface area (Å²) in [6, 6.07) is 20.8. The molecule has 0 fully saturated rings. The van der Waals surface area contributed by atoms with Gasteiger partial charge < -0.3 is 10.2 Å². The van der Waals surface area contributed by atoms with Gasteiger partial charge >= 0.3 is 0 Å². The van der Waals surface area contributed by atoms with Gasteiger partial charge in [0.05, 0.1) is 11.1 Å². The van der Waals surface area contributed by atoms with Gasteiger partial charge in [0.15, 0.2) is 0 Å². The van der Waals surface area contributed by atoms with E-state index in [2.05, 4.69) is 5.32 Å². The molecular formula is C24H15NO4.